The topological polar surface area (TPSA) is 57.0 Å². The molecule has 2 rings (SSSR count). The molecule has 5 nitrogen and oxygen atoms in total. The molecule has 0 radical (unpaired) electrons. The lowest BCUT2D eigenvalue weighted by molar-refractivity contribution is 0.0600. The highest BCUT2D eigenvalue weighted by Gasteiger charge is 2.13. The van der Waals surface area contributed by atoms with Gasteiger partial charge >= 0.3 is 5.97 Å². The lowest BCUT2D eigenvalue weighted by Gasteiger charge is -1.96. The zero-order valence-corrected chi connectivity index (χ0v) is 9.11. The summed E-state index contributed by atoms with van der Waals surface area (Å²) in [6.07, 6.45) is 3.39. The Morgan fingerprint density at radius 3 is 3.00 bits per heavy atom. The number of methoxy groups -OCH3 is 1. The molecular weight excluding hydrogens is 214 g/mol. The molecular formula is C9H9N3O2S. The molecule has 78 valence electrons. The molecule has 15 heavy (non-hydrogen) atoms. The second-order valence-electron chi connectivity index (χ2n) is 2.92. The molecule has 0 saturated heterocycles. The average Bonchev–Trinajstić information content (AvgIpc) is 2.84. The van der Waals surface area contributed by atoms with Crippen LogP contribution in [-0.2, 0) is 11.8 Å². The molecule has 0 aliphatic heterocycles. The highest BCUT2D eigenvalue weighted by Crippen LogP contribution is 2.21. The molecule has 0 fully saturated rings. The molecule has 0 saturated carbocycles. The van der Waals surface area contributed by atoms with E-state index >= 15 is 0 Å². The Morgan fingerprint density at radius 1 is 1.60 bits per heavy atom. The monoisotopic (exact) mass is 223 g/mol. The number of esters is 1. The molecule has 6 heteroatoms. The summed E-state index contributed by atoms with van der Waals surface area (Å²) in [5.74, 6) is -0.409. The summed E-state index contributed by atoms with van der Waals surface area (Å²) in [5, 5.41) is 2.16. The number of carbonyl (C=O) groups excluding carboxylic acids is 1. The quantitative estimate of drug-likeness (QED) is 0.721. The van der Waals surface area contributed by atoms with E-state index in [0.29, 0.717) is 5.01 Å². The van der Waals surface area contributed by atoms with Crippen LogP contribution in [0.3, 0.4) is 0 Å². The van der Waals surface area contributed by atoms with Crippen molar-refractivity contribution in [3.05, 3.63) is 22.9 Å². The van der Waals surface area contributed by atoms with Gasteiger partial charge < -0.3 is 9.30 Å². The number of carbonyl (C=O) groups is 1. The van der Waals surface area contributed by atoms with Crippen LogP contribution in [0.4, 0.5) is 0 Å². The highest BCUT2D eigenvalue weighted by atomic mass is 32.1. The van der Waals surface area contributed by atoms with Gasteiger partial charge in [0.1, 0.15) is 5.69 Å². The van der Waals surface area contributed by atoms with Crippen molar-refractivity contribution in [2.24, 2.45) is 7.05 Å². The summed E-state index contributed by atoms with van der Waals surface area (Å²) < 4.78 is 6.43. The van der Waals surface area contributed by atoms with Crippen LogP contribution in [0.15, 0.2) is 17.9 Å². The minimum atomic E-state index is -0.409. The van der Waals surface area contributed by atoms with Gasteiger partial charge in [-0.3, -0.25) is 0 Å². The van der Waals surface area contributed by atoms with Crippen LogP contribution in [0, 0.1) is 0 Å². The van der Waals surface area contributed by atoms with Crippen molar-refractivity contribution < 1.29 is 9.53 Å². The van der Waals surface area contributed by atoms with Crippen molar-refractivity contribution in [2.75, 3.05) is 7.11 Å². The molecule has 2 aromatic rings. The van der Waals surface area contributed by atoms with Crippen molar-refractivity contribution in [2.45, 2.75) is 0 Å². The van der Waals surface area contributed by atoms with E-state index in [4.69, 9.17) is 0 Å². The van der Waals surface area contributed by atoms with E-state index in [2.05, 4.69) is 14.7 Å². The van der Waals surface area contributed by atoms with E-state index in [1.807, 2.05) is 17.0 Å². The fraction of sp³-hybridized carbons (Fsp3) is 0.222. The Labute approximate surface area is 90.4 Å². The Balaban J connectivity index is 2.36. The Kier molecular flexibility index (Phi) is 2.51. The predicted octanol–water partition coefficient (Wildman–Crippen LogP) is 1.33. The van der Waals surface area contributed by atoms with E-state index in [-0.39, 0.29) is 0 Å². The zero-order chi connectivity index (χ0) is 10.8. The number of hydrogen-bond acceptors (Lipinski definition) is 5. The zero-order valence-electron chi connectivity index (χ0n) is 8.30. The molecule has 0 atom stereocenters. The van der Waals surface area contributed by atoms with Crippen LogP contribution in [0.1, 0.15) is 9.80 Å². The highest BCUT2D eigenvalue weighted by molar-refractivity contribution is 7.11. The van der Waals surface area contributed by atoms with Gasteiger partial charge in [-0.1, -0.05) is 0 Å². The smallest absolute Gasteiger partial charge is 0.367 e. The molecule has 2 aromatic heterocycles. The third kappa shape index (κ3) is 1.75. The number of imidazole rings is 1. The molecule has 0 aromatic carbocycles. The van der Waals surface area contributed by atoms with Crippen molar-refractivity contribution in [3.8, 4) is 11.4 Å². The maximum absolute atomic E-state index is 11.2. The minimum absolute atomic E-state index is 0.355. The summed E-state index contributed by atoms with van der Waals surface area (Å²) in [4.78, 5) is 19.3. The van der Waals surface area contributed by atoms with E-state index in [1.165, 1.54) is 18.4 Å². The van der Waals surface area contributed by atoms with Gasteiger partial charge in [0.2, 0.25) is 5.01 Å². The Hall–Kier alpha value is -1.69. The molecule has 0 aliphatic rings. The summed E-state index contributed by atoms with van der Waals surface area (Å²) >= 11 is 1.26. The normalized spacial score (nSPS) is 10.3. The Morgan fingerprint density at radius 2 is 2.40 bits per heavy atom. The Bertz CT molecular complexity index is 489. The van der Waals surface area contributed by atoms with Gasteiger partial charge in [-0.15, -0.1) is 11.3 Å². The summed E-state index contributed by atoms with van der Waals surface area (Å²) in [6, 6.07) is 0. The lowest BCUT2D eigenvalue weighted by Crippen LogP contribution is -2.00. The SMILES string of the molecule is COC(=O)c1nc(-c2cncn2C)cs1. The van der Waals surface area contributed by atoms with Crippen molar-refractivity contribution >= 4 is 17.3 Å². The third-order valence-electron chi connectivity index (χ3n) is 1.94. The summed E-state index contributed by atoms with van der Waals surface area (Å²) in [6.45, 7) is 0. The first kappa shape index (κ1) is 9.85. The number of aromatic nitrogens is 3. The van der Waals surface area contributed by atoms with Crippen LogP contribution < -0.4 is 0 Å². The van der Waals surface area contributed by atoms with Gasteiger partial charge in [0, 0.05) is 12.4 Å². The molecule has 0 amide bonds. The van der Waals surface area contributed by atoms with Crippen LogP contribution in [-0.4, -0.2) is 27.6 Å². The van der Waals surface area contributed by atoms with Gasteiger partial charge in [0.25, 0.3) is 0 Å². The average molecular weight is 223 g/mol. The number of ether oxygens (including phenoxy) is 1. The van der Waals surface area contributed by atoms with Gasteiger partial charge in [-0.25, -0.2) is 14.8 Å². The number of hydrogen-bond donors (Lipinski definition) is 0. The summed E-state index contributed by atoms with van der Waals surface area (Å²) in [5.41, 5.74) is 1.61. The standard InChI is InChI=1S/C9H9N3O2S/c1-12-5-10-3-7(12)6-4-15-8(11-6)9(13)14-2/h3-5H,1-2H3. The fourth-order valence-electron chi connectivity index (χ4n) is 1.18. The first-order chi connectivity index (χ1) is 7.22. The minimum Gasteiger partial charge on any atom is -0.464 e. The van der Waals surface area contributed by atoms with Gasteiger partial charge in [0.15, 0.2) is 0 Å². The third-order valence-corrected chi connectivity index (χ3v) is 2.77. The van der Waals surface area contributed by atoms with Gasteiger partial charge in [-0.05, 0) is 0 Å². The van der Waals surface area contributed by atoms with Crippen molar-refractivity contribution in [3.63, 3.8) is 0 Å². The maximum Gasteiger partial charge on any atom is 0.367 e. The largest absolute Gasteiger partial charge is 0.464 e. The summed E-state index contributed by atoms with van der Waals surface area (Å²) in [7, 11) is 3.22. The second kappa shape index (κ2) is 3.82. The number of rotatable bonds is 2. The van der Waals surface area contributed by atoms with Crippen molar-refractivity contribution in [1.29, 1.82) is 0 Å². The van der Waals surface area contributed by atoms with Crippen molar-refractivity contribution in [1.82, 2.24) is 14.5 Å². The van der Waals surface area contributed by atoms with Crippen LogP contribution >= 0.6 is 11.3 Å². The van der Waals surface area contributed by atoms with E-state index in [9.17, 15) is 4.79 Å². The van der Waals surface area contributed by atoms with Crippen LogP contribution in [0.25, 0.3) is 11.4 Å². The van der Waals surface area contributed by atoms with Gasteiger partial charge in [0.05, 0.1) is 25.3 Å². The lowest BCUT2D eigenvalue weighted by atomic mass is 10.4. The van der Waals surface area contributed by atoms with Crippen LogP contribution in [0.2, 0.25) is 0 Å². The second-order valence-corrected chi connectivity index (χ2v) is 3.78. The number of nitrogens with zero attached hydrogens (tertiary/aromatic N) is 3. The van der Waals surface area contributed by atoms with E-state index in [1.54, 1.807) is 12.5 Å². The van der Waals surface area contributed by atoms with Gasteiger partial charge in [-0.2, -0.15) is 0 Å². The first-order valence-corrected chi connectivity index (χ1v) is 5.11. The predicted molar refractivity (Wildman–Crippen MR) is 55.7 cm³/mol. The number of thiazole rings is 1. The molecule has 0 spiro atoms. The maximum atomic E-state index is 11.2. The molecule has 0 N–H and O–H groups in total. The molecule has 0 bridgehead atoms. The van der Waals surface area contributed by atoms with E-state index in [0.717, 1.165) is 11.4 Å². The first-order valence-electron chi connectivity index (χ1n) is 4.23. The molecule has 0 unspecified atom stereocenters. The van der Waals surface area contributed by atoms with E-state index < -0.39 is 5.97 Å². The molecule has 0 aliphatic carbocycles. The van der Waals surface area contributed by atoms with Crippen LogP contribution in [0.5, 0.6) is 0 Å². The fourth-order valence-corrected chi connectivity index (χ4v) is 1.90. The molecule has 2 heterocycles. The number of aryl methyl sites for hydroxylation is 1.